The first-order valence-corrected chi connectivity index (χ1v) is 3.56. The molecule has 0 aliphatic heterocycles. The maximum Gasteiger partial charge on any atom is 0.129 e. The van der Waals surface area contributed by atoms with Crippen LogP contribution in [0.15, 0.2) is 18.2 Å². The summed E-state index contributed by atoms with van der Waals surface area (Å²) in [5.41, 5.74) is 0.561. The van der Waals surface area contributed by atoms with E-state index in [-0.39, 0.29) is 5.92 Å². The minimum atomic E-state index is -0.521. The maximum atomic E-state index is 12.9. The van der Waals surface area contributed by atoms with Gasteiger partial charge in [-0.3, -0.25) is 0 Å². The van der Waals surface area contributed by atoms with Gasteiger partial charge < -0.3 is 0 Å². The van der Waals surface area contributed by atoms with Crippen molar-refractivity contribution in [1.82, 2.24) is 0 Å². The molecule has 1 aromatic carbocycles. The van der Waals surface area contributed by atoms with Crippen molar-refractivity contribution in [2.45, 2.75) is 19.8 Å². The minimum Gasteiger partial charge on any atom is -0.207 e. The van der Waals surface area contributed by atoms with Crippen molar-refractivity contribution >= 4 is 0 Å². The van der Waals surface area contributed by atoms with E-state index in [2.05, 4.69) is 0 Å². The Morgan fingerprint density at radius 3 is 2.27 bits per heavy atom. The molecule has 0 aromatic heterocycles. The number of rotatable bonds is 1. The van der Waals surface area contributed by atoms with E-state index in [1.807, 2.05) is 13.8 Å². The molecule has 0 bridgehead atoms. The quantitative estimate of drug-likeness (QED) is 0.586. The summed E-state index contributed by atoms with van der Waals surface area (Å²) < 4.78 is 25.2. The molecule has 0 saturated carbocycles. The van der Waals surface area contributed by atoms with Crippen LogP contribution >= 0.6 is 0 Å². The average Bonchev–Trinajstić information content (AvgIpc) is 1.85. The van der Waals surface area contributed by atoms with Crippen molar-refractivity contribution in [3.8, 4) is 0 Å². The topological polar surface area (TPSA) is 0 Å². The van der Waals surface area contributed by atoms with Gasteiger partial charge in [0, 0.05) is 6.07 Å². The molecule has 2 heteroatoms. The van der Waals surface area contributed by atoms with Gasteiger partial charge in [0.1, 0.15) is 11.6 Å². The smallest absolute Gasteiger partial charge is 0.129 e. The lowest BCUT2D eigenvalue weighted by Crippen LogP contribution is -1.92. The molecule has 0 amide bonds. The van der Waals surface area contributed by atoms with Crippen LogP contribution in [-0.4, -0.2) is 0 Å². The second kappa shape index (κ2) is 2.99. The summed E-state index contributed by atoms with van der Waals surface area (Å²) in [7, 11) is 0. The van der Waals surface area contributed by atoms with Gasteiger partial charge in [0.15, 0.2) is 0 Å². The highest BCUT2D eigenvalue weighted by Gasteiger charge is 2.06. The molecule has 0 saturated heterocycles. The summed E-state index contributed by atoms with van der Waals surface area (Å²) in [6, 6.07) is 3.67. The van der Waals surface area contributed by atoms with Crippen LogP contribution in [0.2, 0.25) is 0 Å². The summed E-state index contributed by atoms with van der Waals surface area (Å²) in [5.74, 6) is -0.873. The summed E-state index contributed by atoms with van der Waals surface area (Å²) in [4.78, 5) is 0. The third-order valence-corrected chi connectivity index (χ3v) is 1.58. The Hall–Kier alpha value is -0.920. The SMILES string of the molecule is CC(C)c1ccc(F)cc1F. The van der Waals surface area contributed by atoms with Crippen molar-refractivity contribution in [3.63, 3.8) is 0 Å². The van der Waals surface area contributed by atoms with Gasteiger partial charge >= 0.3 is 0 Å². The van der Waals surface area contributed by atoms with Gasteiger partial charge in [-0.15, -0.1) is 0 Å². The Labute approximate surface area is 64.9 Å². The molecule has 11 heavy (non-hydrogen) atoms. The van der Waals surface area contributed by atoms with Crippen molar-refractivity contribution in [1.29, 1.82) is 0 Å². The van der Waals surface area contributed by atoms with E-state index >= 15 is 0 Å². The predicted molar refractivity (Wildman–Crippen MR) is 40.4 cm³/mol. The molecule has 0 N–H and O–H groups in total. The highest BCUT2D eigenvalue weighted by Crippen LogP contribution is 2.18. The molecular formula is C9H10F2. The van der Waals surface area contributed by atoms with Gasteiger partial charge in [-0.1, -0.05) is 19.9 Å². The van der Waals surface area contributed by atoms with Crippen LogP contribution in [-0.2, 0) is 0 Å². The lowest BCUT2D eigenvalue weighted by molar-refractivity contribution is 0.565. The summed E-state index contributed by atoms with van der Waals surface area (Å²) in [6.07, 6.45) is 0. The molecule has 0 atom stereocenters. The van der Waals surface area contributed by atoms with Gasteiger partial charge in [-0.05, 0) is 17.5 Å². The first kappa shape index (κ1) is 8.18. The normalized spacial score (nSPS) is 10.6. The van der Waals surface area contributed by atoms with Crippen molar-refractivity contribution in [2.75, 3.05) is 0 Å². The molecule has 0 aliphatic rings. The number of halogens is 2. The summed E-state index contributed by atoms with van der Waals surface area (Å²) >= 11 is 0. The van der Waals surface area contributed by atoms with E-state index < -0.39 is 11.6 Å². The Balaban J connectivity index is 3.09. The van der Waals surface area contributed by atoms with Gasteiger partial charge in [-0.2, -0.15) is 0 Å². The fraction of sp³-hybridized carbons (Fsp3) is 0.333. The standard InChI is InChI=1S/C9H10F2/c1-6(2)8-4-3-7(10)5-9(8)11/h3-6H,1-2H3. The minimum absolute atomic E-state index is 0.107. The van der Waals surface area contributed by atoms with E-state index in [1.54, 1.807) is 0 Å². The maximum absolute atomic E-state index is 12.9. The zero-order chi connectivity index (χ0) is 8.43. The molecule has 60 valence electrons. The zero-order valence-electron chi connectivity index (χ0n) is 6.57. The zero-order valence-corrected chi connectivity index (χ0v) is 6.57. The van der Waals surface area contributed by atoms with E-state index in [0.29, 0.717) is 5.56 Å². The van der Waals surface area contributed by atoms with Gasteiger partial charge in [-0.25, -0.2) is 8.78 Å². The van der Waals surface area contributed by atoms with Crippen molar-refractivity contribution in [2.24, 2.45) is 0 Å². The molecule has 0 nitrogen and oxygen atoms in total. The predicted octanol–water partition coefficient (Wildman–Crippen LogP) is 3.09. The molecular weight excluding hydrogens is 146 g/mol. The van der Waals surface area contributed by atoms with Gasteiger partial charge in [0.2, 0.25) is 0 Å². The molecule has 0 heterocycles. The van der Waals surface area contributed by atoms with Crippen LogP contribution in [0.25, 0.3) is 0 Å². The van der Waals surface area contributed by atoms with Crippen LogP contribution in [0, 0.1) is 11.6 Å². The first-order chi connectivity index (χ1) is 5.11. The second-order valence-electron chi connectivity index (χ2n) is 2.82. The van der Waals surface area contributed by atoms with E-state index in [0.717, 1.165) is 6.07 Å². The highest BCUT2D eigenvalue weighted by atomic mass is 19.1. The lowest BCUT2D eigenvalue weighted by Gasteiger charge is -2.05. The van der Waals surface area contributed by atoms with E-state index in [9.17, 15) is 8.78 Å². The van der Waals surface area contributed by atoms with Gasteiger partial charge in [0.25, 0.3) is 0 Å². The number of hydrogen-bond donors (Lipinski definition) is 0. The highest BCUT2D eigenvalue weighted by molar-refractivity contribution is 5.21. The van der Waals surface area contributed by atoms with Crippen LogP contribution < -0.4 is 0 Å². The Morgan fingerprint density at radius 2 is 1.82 bits per heavy atom. The van der Waals surface area contributed by atoms with Crippen molar-refractivity contribution in [3.05, 3.63) is 35.4 Å². The van der Waals surface area contributed by atoms with Crippen LogP contribution in [0.3, 0.4) is 0 Å². The fourth-order valence-corrected chi connectivity index (χ4v) is 0.970. The van der Waals surface area contributed by atoms with Crippen LogP contribution in [0.1, 0.15) is 25.3 Å². The summed E-state index contributed by atoms with van der Waals surface area (Å²) in [6.45, 7) is 3.74. The van der Waals surface area contributed by atoms with Gasteiger partial charge in [0.05, 0.1) is 0 Å². The Morgan fingerprint density at radius 1 is 1.18 bits per heavy atom. The molecule has 0 aliphatic carbocycles. The number of hydrogen-bond acceptors (Lipinski definition) is 0. The average molecular weight is 156 g/mol. The lowest BCUT2D eigenvalue weighted by atomic mass is 10.0. The third-order valence-electron chi connectivity index (χ3n) is 1.58. The number of benzene rings is 1. The molecule has 0 radical (unpaired) electrons. The molecule has 1 aromatic rings. The monoisotopic (exact) mass is 156 g/mol. The molecule has 0 fully saturated rings. The third kappa shape index (κ3) is 1.76. The fourth-order valence-electron chi connectivity index (χ4n) is 0.970. The van der Waals surface area contributed by atoms with Crippen molar-refractivity contribution < 1.29 is 8.78 Å². The van der Waals surface area contributed by atoms with Crippen LogP contribution in [0.5, 0.6) is 0 Å². The second-order valence-corrected chi connectivity index (χ2v) is 2.82. The molecule has 0 spiro atoms. The largest absolute Gasteiger partial charge is 0.207 e. The van der Waals surface area contributed by atoms with E-state index in [1.165, 1.54) is 12.1 Å². The molecule has 0 unspecified atom stereocenters. The Kier molecular flexibility index (Phi) is 2.22. The van der Waals surface area contributed by atoms with Crippen LogP contribution in [0.4, 0.5) is 8.78 Å². The van der Waals surface area contributed by atoms with E-state index in [4.69, 9.17) is 0 Å². The summed E-state index contributed by atoms with van der Waals surface area (Å²) in [5, 5.41) is 0. The molecule has 1 rings (SSSR count). The Bertz CT molecular complexity index is 254. The first-order valence-electron chi connectivity index (χ1n) is 3.56.